The van der Waals surface area contributed by atoms with Crippen molar-refractivity contribution >= 4 is 0 Å². The Bertz CT molecular complexity index is 339. The van der Waals surface area contributed by atoms with Gasteiger partial charge in [-0.05, 0) is 6.42 Å². The fourth-order valence-corrected chi connectivity index (χ4v) is 1.71. The third kappa shape index (κ3) is 0.826. The second kappa shape index (κ2) is 2.30. The molecule has 12 heavy (non-hydrogen) atoms. The number of fused-ring (bicyclic) bond motifs is 1. The Morgan fingerprint density at radius 3 is 2.83 bits per heavy atom. The van der Waals surface area contributed by atoms with Gasteiger partial charge in [0.25, 0.3) is 0 Å². The zero-order valence-corrected chi connectivity index (χ0v) is 6.83. The van der Waals surface area contributed by atoms with Gasteiger partial charge in [0.2, 0.25) is 0 Å². The predicted octanol–water partition coefficient (Wildman–Crippen LogP) is 1.64. The second-order valence-electron chi connectivity index (χ2n) is 3.14. The minimum absolute atomic E-state index is 0.0960. The van der Waals surface area contributed by atoms with Crippen LogP contribution in [0.4, 0.5) is 0 Å². The molecule has 3 N–H and O–H groups in total. The lowest BCUT2D eigenvalue weighted by atomic mass is 9.92. The van der Waals surface area contributed by atoms with Gasteiger partial charge in [-0.2, -0.15) is 0 Å². The first-order valence-corrected chi connectivity index (χ1v) is 3.99. The molecule has 1 unspecified atom stereocenters. The molecule has 1 aliphatic carbocycles. The van der Waals surface area contributed by atoms with Crippen LogP contribution in [-0.2, 0) is 6.42 Å². The SMILES string of the molecule is CC1C=CCc2c(O)[nH]c(O)c21. The third-order valence-corrected chi connectivity index (χ3v) is 2.30. The lowest BCUT2D eigenvalue weighted by molar-refractivity contribution is 0.422. The zero-order chi connectivity index (χ0) is 8.72. The topological polar surface area (TPSA) is 56.2 Å². The average molecular weight is 165 g/mol. The van der Waals surface area contributed by atoms with Gasteiger partial charge in [0, 0.05) is 17.0 Å². The van der Waals surface area contributed by atoms with E-state index >= 15 is 0 Å². The molecule has 0 aromatic carbocycles. The normalized spacial score (nSPS) is 20.9. The molecule has 0 saturated heterocycles. The van der Waals surface area contributed by atoms with Gasteiger partial charge in [-0.1, -0.05) is 19.1 Å². The molecule has 64 valence electrons. The molecule has 0 fully saturated rings. The molecule has 0 bridgehead atoms. The molecular weight excluding hydrogens is 154 g/mol. The van der Waals surface area contributed by atoms with E-state index in [1.54, 1.807) is 0 Å². The number of hydrogen-bond donors (Lipinski definition) is 3. The summed E-state index contributed by atoms with van der Waals surface area (Å²) in [5.74, 6) is 0.379. The highest BCUT2D eigenvalue weighted by Crippen LogP contribution is 2.38. The maximum absolute atomic E-state index is 9.40. The summed E-state index contributed by atoms with van der Waals surface area (Å²) in [6, 6.07) is 0. The summed E-state index contributed by atoms with van der Waals surface area (Å²) >= 11 is 0. The summed E-state index contributed by atoms with van der Waals surface area (Å²) in [5, 5.41) is 18.7. The molecule has 0 saturated carbocycles. The van der Waals surface area contributed by atoms with Gasteiger partial charge in [0.05, 0.1) is 0 Å². The van der Waals surface area contributed by atoms with E-state index in [0.717, 1.165) is 11.1 Å². The Morgan fingerprint density at radius 1 is 1.42 bits per heavy atom. The van der Waals surface area contributed by atoms with Crippen LogP contribution in [0.15, 0.2) is 12.2 Å². The maximum Gasteiger partial charge on any atom is 0.195 e. The molecule has 1 aliphatic rings. The van der Waals surface area contributed by atoms with Crippen molar-refractivity contribution in [2.45, 2.75) is 19.3 Å². The highest BCUT2D eigenvalue weighted by atomic mass is 16.3. The number of aromatic hydroxyl groups is 2. The summed E-state index contributed by atoms with van der Waals surface area (Å²) in [6.07, 6.45) is 4.72. The van der Waals surface area contributed by atoms with Gasteiger partial charge < -0.3 is 10.2 Å². The van der Waals surface area contributed by atoms with E-state index in [4.69, 9.17) is 0 Å². The van der Waals surface area contributed by atoms with Gasteiger partial charge >= 0.3 is 0 Å². The van der Waals surface area contributed by atoms with Crippen LogP contribution in [0.3, 0.4) is 0 Å². The molecule has 3 nitrogen and oxygen atoms in total. The van der Waals surface area contributed by atoms with Crippen molar-refractivity contribution in [2.24, 2.45) is 0 Å². The van der Waals surface area contributed by atoms with Crippen LogP contribution in [0.1, 0.15) is 24.0 Å². The molecule has 3 heteroatoms. The highest BCUT2D eigenvalue weighted by Gasteiger charge is 2.21. The molecular formula is C9H11NO2. The number of rotatable bonds is 0. The monoisotopic (exact) mass is 165 g/mol. The number of aromatic amines is 1. The number of H-pyrrole nitrogens is 1. The Labute approximate surface area is 70.4 Å². The molecule has 0 spiro atoms. The summed E-state index contributed by atoms with van der Waals surface area (Å²) in [5.41, 5.74) is 1.65. The van der Waals surface area contributed by atoms with Gasteiger partial charge in [-0.3, -0.25) is 4.98 Å². The highest BCUT2D eigenvalue weighted by molar-refractivity contribution is 5.49. The van der Waals surface area contributed by atoms with Crippen molar-refractivity contribution in [1.82, 2.24) is 4.98 Å². The first-order chi connectivity index (χ1) is 5.70. The lowest BCUT2D eigenvalue weighted by Crippen LogP contribution is -1.98. The third-order valence-electron chi connectivity index (χ3n) is 2.30. The Morgan fingerprint density at radius 2 is 2.17 bits per heavy atom. The standard InChI is InChI=1S/C9H11NO2/c1-5-3-2-4-6-7(5)9(12)10-8(6)11/h2-3,5,10-12H,4H2,1H3. The smallest absolute Gasteiger partial charge is 0.195 e. The largest absolute Gasteiger partial charge is 0.494 e. The first kappa shape index (κ1) is 7.28. The average Bonchev–Trinajstić information content (AvgIpc) is 2.29. The fourth-order valence-electron chi connectivity index (χ4n) is 1.71. The van der Waals surface area contributed by atoms with Crippen molar-refractivity contribution in [3.05, 3.63) is 23.3 Å². The molecule has 2 rings (SSSR count). The molecule has 0 radical (unpaired) electrons. The van der Waals surface area contributed by atoms with Crippen LogP contribution in [0.25, 0.3) is 0 Å². The van der Waals surface area contributed by atoms with Crippen molar-refractivity contribution in [3.63, 3.8) is 0 Å². The molecule has 1 aromatic rings. The summed E-state index contributed by atoms with van der Waals surface area (Å²) in [7, 11) is 0. The van der Waals surface area contributed by atoms with Crippen LogP contribution in [-0.4, -0.2) is 15.2 Å². The molecule has 1 atom stereocenters. The predicted molar refractivity (Wildman–Crippen MR) is 45.4 cm³/mol. The fraction of sp³-hybridized carbons (Fsp3) is 0.333. The number of hydrogen-bond acceptors (Lipinski definition) is 2. The quantitative estimate of drug-likeness (QED) is 0.512. The van der Waals surface area contributed by atoms with Crippen molar-refractivity contribution < 1.29 is 10.2 Å². The zero-order valence-electron chi connectivity index (χ0n) is 6.83. The van der Waals surface area contributed by atoms with E-state index < -0.39 is 0 Å². The summed E-state index contributed by atoms with van der Waals surface area (Å²) in [6.45, 7) is 1.99. The van der Waals surface area contributed by atoms with E-state index in [2.05, 4.69) is 4.98 Å². The first-order valence-electron chi connectivity index (χ1n) is 3.99. The number of allylic oxidation sites excluding steroid dienone is 2. The van der Waals surface area contributed by atoms with Crippen LogP contribution in [0.5, 0.6) is 11.8 Å². The molecule has 1 heterocycles. The lowest BCUT2D eigenvalue weighted by Gasteiger charge is -2.12. The van der Waals surface area contributed by atoms with Gasteiger partial charge in [0.15, 0.2) is 11.8 Å². The van der Waals surface area contributed by atoms with Crippen LogP contribution in [0.2, 0.25) is 0 Å². The van der Waals surface area contributed by atoms with Crippen LogP contribution < -0.4 is 0 Å². The van der Waals surface area contributed by atoms with E-state index in [1.807, 2.05) is 19.1 Å². The van der Waals surface area contributed by atoms with Crippen molar-refractivity contribution in [1.29, 1.82) is 0 Å². The Kier molecular flexibility index (Phi) is 1.40. The summed E-state index contributed by atoms with van der Waals surface area (Å²) < 4.78 is 0. The second-order valence-corrected chi connectivity index (χ2v) is 3.14. The number of nitrogens with one attached hydrogen (secondary N) is 1. The van der Waals surface area contributed by atoms with Crippen molar-refractivity contribution in [3.8, 4) is 11.8 Å². The van der Waals surface area contributed by atoms with Crippen LogP contribution in [0, 0.1) is 0 Å². The minimum atomic E-state index is 0.0960. The minimum Gasteiger partial charge on any atom is -0.494 e. The van der Waals surface area contributed by atoms with E-state index in [9.17, 15) is 10.2 Å². The van der Waals surface area contributed by atoms with Gasteiger partial charge in [-0.15, -0.1) is 0 Å². The number of aromatic nitrogens is 1. The van der Waals surface area contributed by atoms with Gasteiger partial charge in [0.1, 0.15) is 0 Å². The van der Waals surface area contributed by atoms with E-state index in [-0.39, 0.29) is 17.7 Å². The molecule has 1 aromatic heterocycles. The van der Waals surface area contributed by atoms with E-state index in [0.29, 0.717) is 6.42 Å². The molecule has 0 amide bonds. The Balaban J connectivity index is 2.60. The van der Waals surface area contributed by atoms with Crippen molar-refractivity contribution in [2.75, 3.05) is 0 Å². The Hall–Kier alpha value is -1.38. The van der Waals surface area contributed by atoms with E-state index in [1.165, 1.54) is 0 Å². The maximum atomic E-state index is 9.40. The van der Waals surface area contributed by atoms with Crippen LogP contribution >= 0.6 is 0 Å². The molecule has 0 aliphatic heterocycles. The van der Waals surface area contributed by atoms with Gasteiger partial charge in [-0.25, -0.2) is 0 Å². The summed E-state index contributed by atoms with van der Waals surface area (Å²) in [4.78, 5) is 2.52.